The molecular formula is C20H24N2O2. The fourth-order valence-corrected chi connectivity index (χ4v) is 4.99. The van der Waals surface area contributed by atoms with Gasteiger partial charge in [0.05, 0.1) is 29.3 Å². The van der Waals surface area contributed by atoms with E-state index in [1.165, 1.54) is 29.7 Å². The Morgan fingerprint density at radius 3 is 3.17 bits per heavy atom. The summed E-state index contributed by atoms with van der Waals surface area (Å²) in [6, 6.07) is 8.44. The van der Waals surface area contributed by atoms with Crippen LogP contribution in [0.25, 0.3) is 5.69 Å². The predicted octanol–water partition coefficient (Wildman–Crippen LogP) is 2.96. The van der Waals surface area contributed by atoms with Crippen molar-refractivity contribution in [1.29, 1.82) is 0 Å². The number of fused-ring (bicyclic) bond motifs is 3. The van der Waals surface area contributed by atoms with Crippen LogP contribution in [0.15, 0.2) is 24.3 Å². The van der Waals surface area contributed by atoms with Gasteiger partial charge in [0.15, 0.2) is 0 Å². The highest BCUT2D eigenvalue weighted by Gasteiger charge is 2.57. The van der Waals surface area contributed by atoms with E-state index in [2.05, 4.69) is 35.9 Å². The molecule has 126 valence electrons. The SMILES string of the molecule is Cc1cccc(-n2nc(CO)c3c2CC2(CC3)OCCC3CC32)c1. The van der Waals surface area contributed by atoms with Crippen LogP contribution in [0.2, 0.25) is 0 Å². The van der Waals surface area contributed by atoms with Gasteiger partial charge in [0.2, 0.25) is 0 Å². The second-order valence-electron chi connectivity index (χ2n) is 7.76. The average molecular weight is 324 g/mol. The molecule has 3 atom stereocenters. The minimum absolute atomic E-state index is 0.0149. The Labute approximate surface area is 142 Å². The van der Waals surface area contributed by atoms with E-state index in [1.54, 1.807) is 0 Å². The Morgan fingerprint density at radius 2 is 2.33 bits per heavy atom. The molecule has 1 aromatic carbocycles. The maximum Gasteiger partial charge on any atom is 0.0918 e. The van der Waals surface area contributed by atoms with Crippen LogP contribution in [0.4, 0.5) is 0 Å². The van der Waals surface area contributed by atoms with Gasteiger partial charge in [0.25, 0.3) is 0 Å². The molecule has 0 amide bonds. The van der Waals surface area contributed by atoms with E-state index >= 15 is 0 Å². The van der Waals surface area contributed by atoms with Crippen LogP contribution in [0.5, 0.6) is 0 Å². The third-order valence-corrected chi connectivity index (χ3v) is 6.31. The summed E-state index contributed by atoms with van der Waals surface area (Å²) in [5.74, 6) is 1.62. The van der Waals surface area contributed by atoms with Crippen molar-refractivity contribution in [3.63, 3.8) is 0 Å². The maximum atomic E-state index is 9.76. The molecule has 2 fully saturated rings. The van der Waals surface area contributed by atoms with Gasteiger partial charge in [-0.05, 0) is 67.7 Å². The van der Waals surface area contributed by atoms with E-state index in [0.29, 0.717) is 0 Å². The lowest BCUT2D eigenvalue weighted by molar-refractivity contribution is -0.0973. The third kappa shape index (κ3) is 2.09. The van der Waals surface area contributed by atoms with Crippen LogP contribution < -0.4 is 0 Å². The number of aryl methyl sites for hydroxylation is 1. The summed E-state index contributed by atoms with van der Waals surface area (Å²) < 4.78 is 8.43. The lowest BCUT2D eigenvalue weighted by Gasteiger charge is -2.40. The summed E-state index contributed by atoms with van der Waals surface area (Å²) in [6.07, 6.45) is 5.55. The van der Waals surface area contributed by atoms with Gasteiger partial charge in [-0.25, -0.2) is 4.68 Å². The van der Waals surface area contributed by atoms with E-state index in [9.17, 15) is 5.11 Å². The zero-order chi connectivity index (χ0) is 16.3. The smallest absolute Gasteiger partial charge is 0.0918 e. The second-order valence-corrected chi connectivity index (χ2v) is 7.76. The van der Waals surface area contributed by atoms with Crippen molar-refractivity contribution in [2.75, 3.05) is 6.61 Å². The van der Waals surface area contributed by atoms with Crippen molar-refractivity contribution in [3.05, 3.63) is 46.8 Å². The first-order valence-electron chi connectivity index (χ1n) is 9.12. The minimum Gasteiger partial charge on any atom is -0.390 e. The molecule has 4 heteroatoms. The van der Waals surface area contributed by atoms with Crippen LogP contribution >= 0.6 is 0 Å². The fourth-order valence-electron chi connectivity index (χ4n) is 4.99. The first kappa shape index (κ1) is 14.7. The zero-order valence-electron chi connectivity index (χ0n) is 14.2. The average Bonchev–Trinajstić information content (AvgIpc) is 3.30. The Bertz CT molecular complexity index is 797. The van der Waals surface area contributed by atoms with Crippen molar-refractivity contribution >= 4 is 0 Å². The van der Waals surface area contributed by atoms with Crippen molar-refractivity contribution < 1.29 is 9.84 Å². The quantitative estimate of drug-likeness (QED) is 0.924. The van der Waals surface area contributed by atoms with E-state index in [4.69, 9.17) is 9.84 Å². The fraction of sp³-hybridized carbons (Fsp3) is 0.550. The van der Waals surface area contributed by atoms with Crippen LogP contribution in [0.1, 0.15) is 41.8 Å². The Hall–Kier alpha value is -1.65. The number of hydrogen-bond acceptors (Lipinski definition) is 3. The van der Waals surface area contributed by atoms with Crippen molar-refractivity contribution in [2.45, 2.75) is 51.2 Å². The van der Waals surface area contributed by atoms with Crippen molar-refractivity contribution in [3.8, 4) is 5.69 Å². The molecule has 1 aliphatic heterocycles. The molecule has 0 radical (unpaired) electrons. The summed E-state index contributed by atoms with van der Waals surface area (Å²) >= 11 is 0. The summed E-state index contributed by atoms with van der Waals surface area (Å²) in [5, 5.41) is 14.5. The molecular weight excluding hydrogens is 300 g/mol. The molecule has 0 bridgehead atoms. The largest absolute Gasteiger partial charge is 0.390 e. The number of rotatable bonds is 2. The first-order chi connectivity index (χ1) is 11.7. The highest BCUT2D eigenvalue weighted by molar-refractivity contribution is 5.42. The van der Waals surface area contributed by atoms with Gasteiger partial charge < -0.3 is 9.84 Å². The first-order valence-corrected chi connectivity index (χ1v) is 9.12. The number of ether oxygens (including phenoxy) is 1. The lowest BCUT2D eigenvalue weighted by atomic mass is 9.77. The summed E-state index contributed by atoms with van der Waals surface area (Å²) in [5.41, 5.74) is 5.67. The van der Waals surface area contributed by atoms with Gasteiger partial charge in [-0.1, -0.05) is 12.1 Å². The standard InChI is InChI=1S/C20H24N2O2/c1-13-3-2-4-15(9-13)22-19-11-20(17-10-14(17)6-8-24-20)7-5-16(19)18(12-23)21-22/h2-4,9,14,17,23H,5-8,10-12H2,1H3. The summed E-state index contributed by atoms with van der Waals surface area (Å²) in [4.78, 5) is 0. The van der Waals surface area contributed by atoms with Gasteiger partial charge in [-0.2, -0.15) is 5.10 Å². The normalized spacial score (nSPS) is 30.9. The maximum absolute atomic E-state index is 9.76. The molecule has 2 heterocycles. The van der Waals surface area contributed by atoms with Crippen LogP contribution in [0.3, 0.4) is 0 Å². The highest BCUT2D eigenvalue weighted by atomic mass is 16.5. The zero-order valence-corrected chi connectivity index (χ0v) is 14.2. The summed E-state index contributed by atoms with van der Waals surface area (Å²) in [7, 11) is 0. The number of benzene rings is 1. The molecule has 1 saturated carbocycles. The Morgan fingerprint density at radius 1 is 1.42 bits per heavy atom. The molecule has 1 saturated heterocycles. The Kier molecular flexibility index (Phi) is 3.16. The molecule has 3 unspecified atom stereocenters. The third-order valence-electron chi connectivity index (χ3n) is 6.31. The molecule has 24 heavy (non-hydrogen) atoms. The number of aromatic nitrogens is 2. The second kappa shape index (κ2) is 5.17. The predicted molar refractivity (Wildman–Crippen MR) is 91.1 cm³/mol. The lowest BCUT2D eigenvalue weighted by Crippen LogP contribution is -2.44. The van der Waals surface area contributed by atoms with Crippen molar-refractivity contribution in [2.24, 2.45) is 11.8 Å². The molecule has 2 aliphatic carbocycles. The van der Waals surface area contributed by atoms with Crippen LogP contribution in [-0.2, 0) is 24.2 Å². The molecule has 4 nitrogen and oxygen atoms in total. The van der Waals surface area contributed by atoms with Gasteiger partial charge >= 0.3 is 0 Å². The monoisotopic (exact) mass is 324 g/mol. The number of aliphatic hydroxyl groups excluding tert-OH is 1. The van der Waals surface area contributed by atoms with Crippen LogP contribution in [-0.4, -0.2) is 27.1 Å². The Balaban J connectivity index is 1.60. The number of nitrogens with zero attached hydrogens (tertiary/aromatic N) is 2. The molecule has 1 aromatic heterocycles. The number of aliphatic hydroxyl groups is 1. The van der Waals surface area contributed by atoms with Crippen LogP contribution in [0, 0.1) is 18.8 Å². The highest BCUT2D eigenvalue weighted by Crippen LogP contribution is 2.57. The van der Waals surface area contributed by atoms with E-state index in [-0.39, 0.29) is 12.2 Å². The molecule has 1 N–H and O–H groups in total. The van der Waals surface area contributed by atoms with Gasteiger partial charge in [-0.3, -0.25) is 0 Å². The molecule has 1 spiro atoms. The van der Waals surface area contributed by atoms with Gasteiger partial charge in [0.1, 0.15) is 0 Å². The van der Waals surface area contributed by atoms with E-state index < -0.39 is 0 Å². The molecule has 3 aliphatic rings. The topological polar surface area (TPSA) is 47.3 Å². The van der Waals surface area contributed by atoms with Crippen molar-refractivity contribution in [1.82, 2.24) is 9.78 Å². The minimum atomic E-state index is 0.0149. The van der Waals surface area contributed by atoms with Gasteiger partial charge in [0, 0.05) is 13.0 Å². The van der Waals surface area contributed by atoms with Gasteiger partial charge in [-0.15, -0.1) is 0 Å². The molecule has 2 aromatic rings. The molecule has 5 rings (SSSR count). The number of hydrogen-bond donors (Lipinski definition) is 1. The summed E-state index contributed by atoms with van der Waals surface area (Å²) in [6.45, 7) is 3.02. The van der Waals surface area contributed by atoms with E-state index in [0.717, 1.165) is 49.1 Å². The van der Waals surface area contributed by atoms with E-state index in [1.807, 2.05) is 0 Å².